The van der Waals surface area contributed by atoms with Crippen molar-refractivity contribution in [1.29, 1.82) is 0 Å². The summed E-state index contributed by atoms with van der Waals surface area (Å²) >= 11 is 0. The summed E-state index contributed by atoms with van der Waals surface area (Å²) in [5.74, 6) is -1.62. The summed E-state index contributed by atoms with van der Waals surface area (Å²) in [5.41, 5.74) is 0.169. The highest BCUT2D eigenvalue weighted by Crippen LogP contribution is 2.15. The van der Waals surface area contributed by atoms with Crippen LogP contribution in [0.3, 0.4) is 0 Å². The number of aliphatic carboxylic acids is 1. The third-order valence-electron chi connectivity index (χ3n) is 2.82. The number of pyridine rings is 1. The standard InChI is InChI=1S/C13H12FNO4/c14-8-1-2-10-11(5-8)15(3-4-16)9(6-12(10)17)7-13(18)19/h1-2,5-6,16H,3-4,7H2,(H,18,19). The Bertz CT molecular complexity index is 693. The summed E-state index contributed by atoms with van der Waals surface area (Å²) in [6.07, 6.45) is -0.359. The van der Waals surface area contributed by atoms with Crippen LogP contribution in [0, 0.1) is 5.82 Å². The van der Waals surface area contributed by atoms with Gasteiger partial charge in [-0.05, 0) is 18.2 Å². The monoisotopic (exact) mass is 265 g/mol. The SMILES string of the molecule is O=C(O)Cc1cc(=O)c2ccc(F)cc2n1CCO. The smallest absolute Gasteiger partial charge is 0.309 e. The number of fused-ring (bicyclic) bond motifs is 1. The van der Waals surface area contributed by atoms with E-state index in [-0.39, 0.29) is 36.2 Å². The molecule has 0 amide bonds. The van der Waals surface area contributed by atoms with E-state index in [2.05, 4.69) is 0 Å². The average Bonchev–Trinajstić information content (AvgIpc) is 2.33. The highest BCUT2D eigenvalue weighted by molar-refractivity contribution is 5.80. The van der Waals surface area contributed by atoms with E-state index in [0.717, 1.165) is 6.07 Å². The first-order valence-corrected chi connectivity index (χ1v) is 5.67. The molecule has 1 heterocycles. The second-order valence-corrected chi connectivity index (χ2v) is 4.11. The molecule has 0 aliphatic carbocycles. The van der Waals surface area contributed by atoms with Gasteiger partial charge < -0.3 is 14.8 Å². The van der Waals surface area contributed by atoms with Gasteiger partial charge >= 0.3 is 5.97 Å². The van der Waals surface area contributed by atoms with Gasteiger partial charge in [0.2, 0.25) is 0 Å². The van der Waals surface area contributed by atoms with E-state index in [0.29, 0.717) is 5.39 Å². The summed E-state index contributed by atoms with van der Waals surface area (Å²) in [4.78, 5) is 22.6. The maximum absolute atomic E-state index is 13.3. The maximum Gasteiger partial charge on any atom is 0.309 e. The Morgan fingerprint density at radius 3 is 2.68 bits per heavy atom. The Morgan fingerprint density at radius 2 is 2.05 bits per heavy atom. The third-order valence-corrected chi connectivity index (χ3v) is 2.82. The van der Waals surface area contributed by atoms with Crippen LogP contribution in [0.15, 0.2) is 29.1 Å². The van der Waals surface area contributed by atoms with Gasteiger partial charge in [0, 0.05) is 23.7 Å². The highest BCUT2D eigenvalue weighted by atomic mass is 19.1. The van der Waals surface area contributed by atoms with Crippen LogP contribution >= 0.6 is 0 Å². The lowest BCUT2D eigenvalue weighted by molar-refractivity contribution is -0.136. The molecule has 6 heteroatoms. The highest BCUT2D eigenvalue weighted by Gasteiger charge is 2.12. The van der Waals surface area contributed by atoms with Gasteiger partial charge in [0.05, 0.1) is 18.5 Å². The molecule has 2 aromatic rings. The molecule has 0 atom stereocenters. The minimum absolute atomic E-state index is 0.100. The largest absolute Gasteiger partial charge is 0.481 e. The van der Waals surface area contributed by atoms with Crippen LogP contribution in [-0.2, 0) is 17.8 Å². The summed E-state index contributed by atoms with van der Waals surface area (Å²) in [6, 6.07) is 4.90. The maximum atomic E-state index is 13.3. The molecule has 0 spiro atoms. The molecule has 0 unspecified atom stereocenters. The van der Waals surface area contributed by atoms with Crippen LogP contribution in [0.4, 0.5) is 4.39 Å². The molecule has 0 saturated heterocycles. The summed E-state index contributed by atoms with van der Waals surface area (Å²) in [5, 5.41) is 18.2. The number of hydrogen-bond donors (Lipinski definition) is 2. The fraction of sp³-hybridized carbons (Fsp3) is 0.231. The van der Waals surface area contributed by atoms with Gasteiger partial charge in [0.15, 0.2) is 5.43 Å². The fourth-order valence-electron chi connectivity index (χ4n) is 2.06. The summed E-state index contributed by atoms with van der Waals surface area (Å²) < 4.78 is 14.7. The lowest BCUT2D eigenvalue weighted by Crippen LogP contribution is -2.18. The van der Waals surface area contributed by atoms with Gasteiger partial charge in [-0.1, -0.05) is 0 Å². The van der Waals surface area contributed by atoms with Crippen molar-refractivity contribution in [2.75, 3.05) is 6.61 Å². The topological polar surface area (TPSA) is 79.5 Å². The molecule has 0 radical (unpaired) electrons. The van der Waals surface area contributed by atoms with Crippen molar-refractivity contribution in [2.24, 2.45) is 0 Å². The number of hydrogen-bond acceptors (Lipinski definition) is 3. The molecule has 100 valence electrons. The Labute approximate surface area is 107 Å². The zero-order chi connectivity index (χ0) is 14.0. The van der Waals surface area contributed by atoms with Crippen molar-refractivity contribution in [3.63, 3.8) is 0 Å². The number of carbonyl (C=O) groups is 1. The van der Waals surface area contributed by atoms with Crippen molar-refractivity contribution in [3.8, 4) is 0 Å². The van der Waals surface area contributed by atoms with E-state index >= 15 is 0 Å². The van der Waals surface area contributed by atoms with E-state index in [1.54, 1.807) is 0 Å². The van der Waals surface area contributed by atoms with Crippen LogP contribution in [0.25, 0.3) is 10.9 Å². The minimum Gasteiger partial charge on any atom is -0.481 e. The molecule has 0 bridgehead atoms. The van der Waals surface area contributed by atoms with E-state index in [4.69, 9.17) is 10.2 Å². The number of carboxylic acids is 1. The van der Waals surface area contributed by atoms with Crippen molar-refractivity contribution in [1.82, 2.24) is 4.57 Å². The zero-order valence-corrected chi connectivity index (χ0v) is 9.97. The number of carboxylic acid groups (broad SMARTS) is 1. The zero-order valence-electron chi connectivity index (χ0n) is 9.97. The average molecular weight is 265 g/mol. The number of aliphatic hydroxyl groups is 1. The van der Waals surface area contributed by atoms with Crippen LogP contribution < -0.4 is 5.43 Å². The molecule has 2 N–H and O–H groups in total. The van der Waals surface area contributed by atoms with Gasteiger partial charge in [-0.2, -0.15) is 0 Å². The van der Waals surface area contributed by atoms with Gasteiger partial charge in [0.1, 0.15) is 5.82 Å². The number of nitrogens with zero attached hydrogens (tertiary/aromatic N) is 1. The Balaban J connectivity index is 2.77. The number of benzene rings is 1. The number of aromatic nitrogens is 1. The molecular weight excluding hydrogens is 253 g/mol. The molecule has 0 fully saturated rings. The van der Waals surface area contributed by atoms with Gasteiger partial charge in [-0.3, -0.25) is 9.59 Å². The molecule has 0 saturated carbocycles. The summed E-state index contributed by atoms with van der Waals surface area (Å²) in [7, 11) is 0. The van der Waals surface area contributed by atoms with E-state index in [1.165, 1.54) is 22.8 Å². The van der Waals surface area contributed by atoms with Crippen LogP contribution in [0.2, 0.25) is 0 Å². The molecule has 0 aliphatic heterocycles. The van der Waals surface area contributed by atoms with Crippen molar-refractivity contribution in [3.05, 3.63) is 46.0 Å². The van der Waals surface area contributed by atoms with Crippen LogP contribution in [0.5, 0.6) is 0 Å². The van der Waals surface area contributed by atoms with Crippen molar-refractivity contribution >= 4 is 16.9 Å². The van der Waals surface area contributed by atoms with Gasteiger partial charge in [0.25, 0.3) is 0 Å². The second-order valence-electron chi connectivity index (χ2n) is 4.11. The Hall–Kier alpha value is -2.21. The quantitative estimate of drug-likeness (QED) is 0.855. The molecule has 1 aromatic carbocycles. The van der Waals surface area contributed by atoms with E-state index in [1.807, 2.05) is 0 Å². The first-order valence-electron chi connectivity index (χ1n) is 5.67. The first-order chi connectivity index (χ1) is 9.02. The predicted octanol–water partition coefficient (Wildman–Crippen LogP) is 0.760. The number of aliphatic hydroxyl groups excluding tert-OH is 1. The van der Waals surface area contributed by atoms with Crippen LogP contribution in [-0.4, -0.2) is 27.4 Å². The fourth-order valence-corrected chi connectivity index (χ4v) is 2.06. The van der Waals surface area contributed by atoms with Crippen molar-refractivity contribution < 1.29 is 19.4 Å². The Kier molecular flexibility index (Phi) is 3.62. The molecule has 1 aromatic heterocycles. The van der Waals surface area contributed by atoms with Crippen LogP contribution in [0.1, 0.15) is 5.69 Å². The second kappa shape index (κ2) is 5.19. The molecule has 19 heavy (non-hydrogen) atoms. The minimum atomic E-state index is -1.10. The molecule has 5 nitrogen and oxygen atoms in total. The number of rotatable bonds is 4. The van der Waals surface area contributed by atoms with Gasteiger partial charge in [-0.25, -0.2) is 4.39 Å². The third kappa shape index (κ3) is 2.63. The molecule has 2 rings (SSSR count). The predicted molar refractivity (Wildman–Crippen MR) is 66.6 cm³/mol. The lowest BCUT2D eigenvalue weighted by atomic mass is 10.1. The Morgan fingerprint density at radius 1 is 1.32 bits per heavy atom. The van der Waals surface area contributed by atoms with E-state index < -0.39 is 11.8 Å². The summed E-state index contributed by atoms with van der Waals surface area (Å²) in [6.45, 7) is -0.135. The molecular formula is C13H12FNO4. The normalized spacial score (nSPS) is 10.8. The first kappa shape index (κ1) is 13.2. The van der Waals surface area contributed by atoms with E-state index in [9.17, 15) is 14.0 Å². The van der Waals surface area contributed by atoms with Gasteiger partial charge in [-0.15, -0.1) is 0 Å². The van der Waals surface area contributed by atoms with Crippen molar-refractivity contribution in [2.45, 2.75) is 13.0 Å². The lowest BCUT2D eigenvalue weighted by Gasteiger charge is -2.14. The number of halogens is 1. The molecule has 0 aliphatic rings.